The predicted octanol–water partition coefficient (Wildman–Crippen LogP) is 8.38. The Hall–Kier alpha value is -2.80. The summed E-state index contributed by atoms with van der Waals surface area (Å²) in [6.45, 7) is 1.08. The number of benzene rings is 4. The molecule has 0 heterocycles. The van der Waals surface area contributed by atoms with Crippen molar-refractivity contribution >= 4 is 27.2 Å². The molecule has 0 amide bonds. The van der Waals surface area contributed by atoms with Gasteiger partial charge >= 0.3 is 0 Å². The summed E-state index contributed by atoms with van der Waals surface area (Å²) in [4.78, 5) is 0. The van der Waals surface area contributed by atoms with E-state index in [1.165, 1.54) is 84.2 Å². The lowest BCUT2D eigenvalue weighted by Crippen LogP contribution is -2.00. The van der Waals surface area contributed by atoms with Crippen LogP contribution in [0, 0.1) is 0 Å². The van der Waals surface area contributed by atoms with Crippen LogP contribution in [-0.2, 0) is 6.42 Å². The highest BCUT2D eigenvalue weighted by atomic mass is 14.9. The molecule has 1 nitrogen and oxygen atoms in total. The number of hydrogen-bond acceptors (Lipinski definition) is 1. The van der Waals surface area contributed by atoms with Gasteiger partial charge in [-0.15, -0.1) is 0 Å². The largest absolute Gasteiger partial charge is 0.385 e. The maximum atomic E-state index is 3.50. The maximum absolute atomic E-state index is 3.50. The van der Waals surface area contributed by atoms with Crippen molar-refractivity contribution in [2.24, 2.45) is 0 Å². The summed E-state index contributed by atoms with van der Waals surface area (Å²) in [5, 5.41) is 9.08. The molecule has 30 heavy (non-hydrogen) atoms. The first kappa shape index (κ1) is 20.5. The summed E-state index contributed by atoms with van der Waals surface area (Å²) in [6.07, 6.45) is 10.5. The molecule has 0 unspecified atom stereocenters. The summed E-state index contributed by atoms with van der Waals surface area (Å²) in [7, 11) is 0. The SMILES string of the molecule is c1ccc(NCCCCCCCCCc2cc3ccccc3c3ccccc23)cc1. The third-order valence-corrected chi connectivity index (χ3v) is 6.08. The molecular weight excluding hydrogens is 362 g/mol. The van der Waals surface area contributed by atoms with Gasteiger partial charge < -0.3 is 5.32 Å². The van der Waals surface area contributed by atoms with E-state index in [0.29, 0.717) is 0 Å². The summed E-state index contributed by atoms with van der Waals surface area (Å²) in [6, 6.07) is 30.6. The van der Waals surface area contributed by atoms with Gasteiger partial charge in [-0.2, -0.15) is 0 Å². The molecule has 1 heteroatoms. The number of hydrogen-bond donors (Lipinski definition) is 1. The average molecular weight is 396 g/mol. The lowest BCUT2D eigenvalue weighted by Gasteiger charge is -2.11. The Balaban J connectivity index is 1.17. The van der Waals surface area contributed by atoms with E-state index in [1.54, 1.807) is 0 Å². The van der Waals surface area contributed by atoms with Crippen LogP contribution in [0.3, 0.4) is 0 Å². The van der Waals surface area contributed by atoms with Crippen LogP contribution in [0.5, 0.6) is 0 Å². The van der Waals surface area contributed by atoms with Gasteiger partial charge in [-0.1, -0.05) is 105 Å². The second-order valence-electron chi connectivity index (χ2n) is 8.32. The van der Waals surface area contributed by atoms with E-state index in [-0.39, 0.29) is 0 Å². The molecule has 0 spiro atoms. The van der Waals surface area contributed by atoms with Crippen LogP contribution in [0.2, 0.25) is 0 Å². The van der Waals surface area contributed by atoms with E-state index >= 15 is 0 Å². The van der Waals surface area contributed by atoms with Gasteiger partial charge in [0.05, 0.1) is 0 Å². The van der Waals surface area contributed by atoms with Crippen LogP contribution >= 0.6 is 0 Å². The van der Waals surface area contributed by atoms with Gasteiger partial charge in [0.25, 0.3) is 0 Å². The van der Waals surface area contributed by atoms with Gasteiger partial charge in [0.2, 0.25) is 0 Å². The highest BCUT2D eigenvalue weighted by molar-refractivity contribution is 6.08. The van der Waals surface area contributed by atoms with E-state index in [2.05, 4.69) is 90.2 Å². The van der Waals surface area contributed by atoms with Gasteiger partial charge in [-0.25, -0.2) is 0 Å². The molecule has 0 bridgehead atoms. The van der Waals surface area contributed by atoms with Crippen LogP contribution in [0.15, 0.2) is 84.9 Å². The van der Waals surface area contributed by atoms with Gasteiger partial charge in [0.15, 0.2) is 0 Å². The molecule has 4 aromatic carbocycles. The fourth-order valence-electron chi connectivity index (χ4n) is 4.45. The fourth-order valence-corrected chi connectivity index (χ4v) is 4.45. The second-order valence-corrected chi connectivity index (χ2v) is 8.32. The van der Waals surface area contributed by atoms with Gasteiger partial charge in [0, 0.05) is 12.2 Å². The van der Waals surface area contributed by atoms with Crippen molar-refractivity contribution < 1.29 is 0 Å². The molecule has 154 valence electrons. The summed E-state index contributed by atoms with van der Waals surface area (Å²) in [5.74, 6) is 0. The summed E-state index contributed by atoms with van der Waals surface area (Å²) < 4.78 is 0. The molecule has 0 radical (unpaired) electrons. The Morgan fingerprint density at radius 2 is 1.10 bits per heavy atom. The monoisotopic (exact) mass is 395 g/mol. The Kier molecular flexibility index (Phi) is 7.39. The zero-order valence-corrected chi connectivity index (χ0v) is 17.9. The first-order valence-electron chi connectivity index (χ1n) is 11.6. The van der Waals surface area contributed by atoms with Crippen molar-refractivity contribution in [1.29, 1.82) is 0 Å². The first-order valence-corrected chi connectivity index (χ1v) is 11.6. The summed E-state index contributed by atoms with van der Waals surface area (Å²) in [5.41, 5.74) is 2.75. The smallest absolute Gasteiger partial charge is 0.0340 e. The Morgan fingerprint density at radius 3 is 1.90 bits per heavy atom. The first-order chi connectivity index (χ1) is 14.9. The van der Waals surface area contributed by atoms with E-state index in [9.17, 15) is 0 Å². The van der Waals surface area contributed by atoms with Crippen LogP contribution < -0.4 is 5.32 Å². The molecule has 1 N–H and O–H groups in total. The average Bonchev–Trinajstić information content (AvgIpc) is 2.81. The molecule has 0 saturated carbocycles. The number of para-hydroxylation sites is 1. The zero-order chi connectivity index (χ0) is 20.4. The summed E-state index contributed by atoms with van der Waals surface area (Å²) >= 11 is 0. The third-order valence-electron chi connectivity index (χ3n) is 6.08. The molecule has 0 aromatic heterocycles. The Bertz CT molecular complexity index is 1050. The maximum Gasteiger partial charge on any atom is 0.0340 e. The number of nitrogens with one attached hydrogen (secondary N) is 1. The minimum atomic E-state index is 1.08. The fraction of sp³-hybridized carbons (Fsp3) is 0.310. The van der Waals surface area contributed by atoms with Crippen LogP contribution in [0.25, 0.3) is 21.5 Å². The minimum absolute atomic E-state index is 1.08. The molecule has 4 rings (SSSR count). The normalized spacial score (nSPS) is 11.2. The quantitative estimate of drug-likeness (QED) is 0.199. The van der Waals surface area contributed by atoms with Crippen molar-refractivity contribution in [3.8, 4) is 0 Å². The zero-order valence-electron chi connectivity index (χ0n) is 17.9. The third kappa shape index (κ3) is 5.42. The molecule has 0 aliphatic carbocycles. The molecule has 4 aromatic rings. The molecule has 0 aliphatic rings. The highest BCUT2D eigenvalue weighted by Gasteiger charge is 2.06. The second kappa shape index (κ2) is 10.8. The lowest BCUT2D eigenvalue weighted by molar-refractivity contribution is 0.585. The Morgan fingerprint density at radius 1 is 0.500 bits per heavy atom. The van der Waals surface area contributed by atoms with Gasteiger partial charge in [-0.05, 0) is 58.5 Å². The number of fused-ring (bicyclic) bond motifs is 3. The van der Waals surface area contributed by atoms with Crippen molar-refractivity contribution in [1.82, 2.24) is 0 Å². The molecular formula is C29H33N. The number of rotatable bonds is 11. The van der Waals surface area contributed by atoms with E-state index in [0.717, 1.165) is 6.54 Å². The standard InChI is InChI=1S/C29H33N/c1(3-5-14-22-30-26-17-8-6-9-18-26)2-4-7-15-24-23-25-16-10-11-19-27(25)29-21-13-12-20-28(24)29/h6,8-13,16-21,23,30H,1-5,7,14-15,22H2. The minimum Gasteiger partial charge on any atom is -0.385 e. The van der Waals surface area contributed by atoms with Crippen molar-refractivity contribution in [3.63, 3.8) is 0 Å². The highest BCUT2D eigenvalue weighted by Crippen LogP contribution is 2.29. The van der Waals surface area contributed by atoms with Crippen molar-refractivity contribution in [3.05, 3.63) is 90.5 Å². The number of unbranched alkanes of at least 4 members (excludes halogenated alkanes) is 6. The van der Waals surface area contributed by atoms with Crippen molar-refractivity contribution in [2.75, 3.05) is 11.9 Å². The van der Waals surface area contributed by atoms with Crippen LogP contribution in [0.4, 0.5) is 5.69 Å². The van der Waals surface area contributed by atoms with E-state index in [4.69, 9.17) is 0 Å². The van der Waals surface area contributed by atoms with Crippen molar-refractivity contribution in [2.45, 2.75) is 51.4 Å². The topological polar surface area (TPSA) is 12.0 Å². The lowest BCUT2D eigenvalue weighted by atomic mass is 9.94. The molecule has 0 atom stereocenters. The van der Waals surface area contributed by atoms with E-state index in [1.807, 2.05) is 0 Å². The molecule has 0 aliphatic heterocycles. The molecule has 0 saturated heterocycles. The number of anilines is 1. The predicted molar refractivity (Wildman–Crippen MR) is 132 cm³/mol. The Labute approximate surface area is 181 Å². The number of aryl methyl sites for hydroxylation is 1. The van der Waals surface area contributed by atoms with E-state index < -0.39 is 0 Å². The van der Waals surface area contributed by atoms with Gasteiger partial charge in [0.1, 0.15) is 0 Å². The van der Waals surface area contributed by atoms with Crippen LogP contribution in [0.1, 0.15) is 50.5 Å². The van der Waals surface area contributed by atoms with Gasteiger partial charge in [-0.3, -0.25) is 0 Å². The molecule has 0 fully saturated rings. The van der Waals surface area contributed by atoms with Crippen LogP contribution in [-0.4, -0.2) is 6.54 Å².